The molecule has 0 aliphatic heterocycles. The van der Waals surface area contributed by atoms with Gasteiger partial charge in [0.2, 0.25) is 0 Å². The summed E-state index contributed by atoms with van der Waals surface area (Å²) in [5.41, 5.74) is 6.32. The third-order valence-electron chi connectivity index (χ3n) is 2.32. The predicted molar refractivity (Wildman–Crippen MR) is 74.5 cm³/mol. The fourth-order valence-corrected chi connectivity index (χ4v) is 2.98. The first-order valence-electron chi connectivity index (χ1n) is 5.08. The normalized spacial score (nSPS) is 11.3. The molecule has 0 radical (unpaired) electrons. The summed E-state index contributed by atoms with van der Waals surface area (Å²) in [6.07, 6.45) is 2.78. The molecule has 1 aromatic heterocycles. The lowest BCUT2D eigenvalue weighted by Gasteiger charge is -2.12. The number of nitrogens with two attached hydrogens (primary N) is 1. The highest BCUT2D eigenvalue weighted by Crippen LogP contribution is 2.33. The second-order valence-corrected chi connectivity index (χ2v) is 6.12. The Labute approximate surface area is 118 Å². The minimum atomic E-state index is -3.80. The highest BCUT2D eigenvalue weighted by atomic mass is 79.9. The molecule has 0 saturated heterocycles. The number of benzene rings is 1. The van der Waals surface area contributed by atoms with Gasteiger partial charge in [-0.1, -0.05) is 0 Å². The third kappa shape index (κ3) is 2.82. The zero-order valence-electron chi connectivity index (χ0n) is 9.84. The SMILES string of the molecule is COc1cc(Br)c(N)cc1S(=O)(=O)Nc1cn[nH]c1. The van der Waals surface area contributed by atoms with Gasteiger partial charge in [-0.3, -0.25) is 9.82 Å². The minimum absolute atomic E-state index is 0.0445. The van der Waals surface area contributed by atoms with Crippen molar-refractivity contribution in [3.63, 3.8) is 0 Å². The fraction of sp³-hybridized carbons (Fsp3) is 0.100. The van der Waals surface area contributed by atoms with Gasteiger partial charge in [0.1, 0.15) is 10.6 Å². The minimum Gasteiger partial charge on any atom is -0.495 e. The summed E-state index contributed by atoms with van der Waals surface area (Å²) < 4.78 is 32.5. The highest BCUT2D eigenvalue weighted by Gasteiger charge is 2.21. The van der Waals surface area contributed by atoms with Crippen LogP contribution in [0.2, 0.25) is 0 Å². The number of methoxy groups -OCH3 is 1. The average Bonchev–Trinajstić information content (AvgIpc) is 2.84. The van der Waals surface area contributed by atoms with Crippen molar-refractivity contribution in [1.82, 2.24) is 10.2 Å². The van der Waals surface area contributed by atoms with Crippen LogP contribution in [0.3, 0.4) is 0 Å². The molecule has 102 valence electrons. The topological polar surface area (TPSA) is 110 Å². The van der Waals surface area contributed by atoms with Crippen LogP contribution < -0.4 is 15.2 Å². The second-order valence-electron chi connectivity index (χ2n) is 3.62. The van der Waals surface area contributed by atoms with E-state index in [1.165, 1.54) is 31.6 Å². The molecule has 2 rings (SSSR count). The molecule has 0 atom stereocenters. The van der Waals surface area contributed by atoms with Gasteiger partial charge in [0.15, 0.2) is 0 Å². The number of hydrogen-bond acceptors (Lipinski definition) is 5. The summed E-state index contributed by atoms with van der Waals surface area (Å²) in [7, 11) is -2.42. The highest BCUT2D eigenvalue weighted by molar-refractivity contribution is 9.10. The molecule has 9 heteroatoms. The summed E-state index contributed by atoms with van der Waals surface area (Å²) in [6, 6.07) is 2.82. The van der Waals surface area contributed by atoms with E-state index in [2.05, 4.69) is 30.8 Å². The Hall–Kier alpha value is -1.74. The lowest BCUT2D eigenvalue weighted by atomic mass is 10.3. The van der Waals surface area contributed by atoms with E-state index < -0.39 is 10.0 Å². The van der Waals surface area contributed by atoms with Crippen LogP contribution in [0.25, 0.3) is 0 Å². The standard InChI is InChI=1S/C10H11BrN4O3S/c1-18-9-2-7(11)8(12)3-10(9)19(16,17)15-6-4-13-14-5-6/h2-5,15H,12H2,1H3,(H,13,14). The van der Waals surface area contributed by atoms with Crippen LogP contribution in [0.5, 0.6) is 5.75 Å². The van der Waals surface area contributed by atoms with Gasteiger partial charge in [-0.25, -0.2) is 8.42 Å². The second kappa shape index (κ2) is 5.10. The van der Waals surface area contributed by atoms with Gasteiger partial charge >= 0.3 is 0 Å². The van der Waals surface area contributed by atoms with Gasteiger partial charge in [0, 0.05) is 16.4 Å². The van der Waals surface area contributed by atoms with E-state index in [1.807, 2.05) is 0 Å². The number of aromatic amines is 1. The number of halogens is 1. The number of nitrogens with zero attached hydrogens (tertiary/aromatic N) is 1. The summed E-state index contributed by atoms with van der Waals surface area (Å²) in [4.78, 5) is -0.0445. The molecule has 0 aliphatic carbocycles. The lowest BCUT2D eigenvalue weighted by molar-refractivity contribution is 0.402. The van der Waals surface area contributed by atoms with E-state index in [-0.39, 0.29) is 10.6 Å². The van der Waals surface area contributed by atoms with Crippen LogP contribution in [0.15, 0.2) is 33.9 Å². The van der Waals surface area contributed by atoms with Crippen LogP contribution in [0, 0.1) is 0 Å². The Morgan fingerprint density at radius 3 is 2.79 bits per heavy atom. The smallest absolute Gasteiger partial charge is 0.265 e. The summed E-state index contributed by atoms with van der Waals surface area (Å²) in [5, 5.41) is 6.17. The maximum Gasteiger partial charge on any atom is 0.265 e. The molecular weight excluding hydrogens is 336 g/mol. The molecule has 0 amide bonds. The first-order valence-corrected chi connectivity index (χ1v) is 7.36. The maximum absolute atomic E-state index is 12.2. The molecule has 0 aliphatic rings. The molecule has 19 heavy (non-hydrogen) atoms. The Morgan fingerprint density at radius 2 is 2.21 bits per heavy atom. The van der Waals surface area contributed by atoms with E-state index in [4.69, 9.17) is 10.5 Å². The quantitative estimate of drug-likeness (QED) is 0.727. The number of rotatable bonds is 4. The maximum atomic E-state index is 12.2. The van der Waals surface area contributed by atoms with Crippen molar-refractivity contribution in [3.05, 3.63) is 29.0 Å². The number of anilines is 2. The molecule has 0 spiro atoms. The number of nitrogen functional groups attached to an aromatic ring is 1. The number of nitrogens with one attached hydrogen (secondary N) is 2. The van der Waals surface area contributed by atoms with Crippen molar-refractivity contribution in [2.45, 2.75) is 4.90 Å². The summed E-state index contributed by atoms with van der Waals surface area (Å²) in [5.74, 6) is 0.192. The molecule has 0 bridgehead atoms. The molecule has 0 saturated carbocycles. The molecule has 1 aromatic carbocycles. The van der Waals surface area contributed by atoms with Gasteiger partial charge in [0.05, 0.1) is 19.0 Å². The van der Waals surface area contributed by atoms with Crippen molar-refractivity contribution in [1.29, 1.82) is 0 Å². The zero-order chi connectivity index (χ0) is 14.0. The number of aromatic nitrogens is 2. The van der Waals surface area contributed by atoms with E-state index >= 15 is 0 Å². The van der Waals surface area contributed by atoms with Crippen molar-refractivity contribution in [2.24, 2.45) is 0 Å². The van der Waals surface area contributed by atoms with Gasteiger partial charge in [-0.15, -0.1) is 0 Å². The molecular formula is C10H11BrN4O3S. The third-order valence-corrected chi connectivity index (χ3v) is 4.41. The monoisotopic (exact) mass is 346 g/mol. The molecule has 7 nitrogen and oxygen atoms in total. The van der Waals surface area contributed by atoms with Crippen LogP contribution in [-0.2, 0) is 10.0 Å². The Kier molecular flexibility index (Phi) is 3.67. The van der Waals surface area contributed by atoms with Crippen LogP contribution in [-0.4, -0.2) is 25.7 Å². The number of sulfonamides is 1. The summed E-state index contributed by atoms with van der Waals surface area (Å²) >= 11 is 3.21. The van der Waals surface area contributed by atoms with Gasteiger partial charge in [-0.2, -0.15) is 5.10 Å². The average molecular weight is 347 g/mol. The summed E-state index contributed by atoms with van der Waals surface area (Å²) in [6.45, 7) is 0. The van der Waals surface area contributed by atoms with Crippen molar-refractivity contribution < 1.29 is 13.2 Å². The number of H-pyrrole nitrogens is 1. The van der Waals surface area contributed by atoms with Crippen molar-refractivity contribution in [3.8, 4) is 5.75 Å². The zero-order valence-corrected chi connectivity index (χ0v) is 12.2. The molecule has 1 heterocycles. The molecule has 0 fully saturated rings. The van der Waals surface area contributed by atoms with Crippen molar-refractivity contribution in [2.75, 3.05) is 17.6 Å². The fourth-order valence-electron chi connectivity index (χ4n) is 1.44. The van der Waals surface area contributed by atoms with Gasteiger partial charge < -0.3 is 10.5 Å². The number of hydrogen-bond donors (Lipinski definition) is 3. The van der Waals surface area contributed by atoms with Gasteiger partial charge in [-0.05, 0) is 28.1 Å². The first kappa shape index (κ1) is 13.7. The van der Waals surface area contributed by atoms with E-state index in [1.54, 1.807) is 0 Å². The largest absolute Gasteiger partial charge is 0.495 e. The van der Waals surface area contributed by atoms with Crippen LogP contribution in [0.1, 0.15) is 0 Å². The Morgan fingerprint density at radius 1 is 1.47 bits per heavy atom. The predicted octanol–water partition coefficient (Wildman–Crippen LogP) is 1.56. The molecule has 2 aromatic rings. The lowest BCUT2D eigenvalue weighted by Crippen LogP contribution is -2.14. The van der Waals surface area contributed by atoms with E-state index in [9.17, 15) is 8.42 Å². The van der Waals surface area contributed by atoms with E-state index in [0.717, 1.165) is 0 Å². The Balaban J connectivity index is 2.48. The Bertz CT molecular complexity index is 685. The van der Waals surface area contributed by atoms with E-state index in [0.29, 0.717) is 15.8 Å². The van der Waals surface area contributed by atoms with Crippen molar-refractivity contribution >= 4 is 37.3 Å². The molecule has 4 N–H and O–H groups in total. The number of ether oxygens (including phenoxy) is 1. The van der Waals surface area contributed by atoms with Crippen LogP contribution >= 0.6 is 15.9 Å². The molecule has 0 unspecified atom stereocenters. The first-order chi connectivity index (χ1) is 8.94. The van der Waals surface area contributed by atoms with Crippen LogP contribution in [0.4, 0.5) is 11.4 Å². The van der Waals surface area contributed by atoms with Gasteiger partial charge in [0.25, 0.3) is 10.0 Å².